The Bertz CT molecular complexity index is 1060. The molecule has 0 saturated carbocycles. The lowest BCUT2D eigenvalue weighted by Gasteiger charge is -2.27. The van der Waals surface area contributed by atoms with Gasteiger partial charge in [0.1, 0.15) is 0 Å². The second kappa shape index (κ2) is 7.96. The summed E-state index contributed by atoms with van der Waals surface area (Å²) < 4.78 is 30.8. The van der Waals surface area contributed by atoms with Crippen LogP contribution in [-0.2, 0) is 4.74 Å². The first kappa shape index (κ1) is 19.0. The Hall–Kier alpha value is -3.33. The van der Waals surface area contributed by atoms with Crippen LogP contribution >= 0.6 is 0 Å². The number of amides is 2. The number of fused-ring (bicyclic) bond motifs is 1. The predicted octanol–water partition coefficient (Wildman–Crippen LogP) is 3.23. The largest absolute Gasteiger partial charge is 0.378 e. The zero-order chi connectivity index (χ0) is 20.4. The number of carbonyl (C=O) groups is 2. The summed E-state index contributed by atoms with van der Waals surface area (Å²) in [6, 6.07) is 11.1. The van der Waals surface area contributed by atoms with Crippen molar-refractivity contribution in [1.82, 2.24) is 14.9 Å². The normalized spacial score (nSPS) is 14.4. The van der Waals surface area contributed by atoms with Gasteiger partial charge in [-0.2, -0.15) is 0 Å². The number of carbonyl (C=O) groups excluding carboxylic acids is 2. The van der Waals surface area contributed by atoms with E-state index in [1.807, 2.05) is 0 Å². The lowest BCUT2D eigenvalue weighted by Crippen LogP contribution is -2.40. The van der Waals surface area contributed by atoms with Gasteiger partial charge in [-0.3, -0.25) is 9.59 Å². The third kappa shape index (κ3) is 4.09. The number of aromatic nitrogens is 2. The van der Waals surface area contributed by atoms with E-state index in [0.717, 1.165) is 0 Å². The average molecular weight is 400 g/mol. The van der Waals surface area contributed by atoms with Gasteiger partial charge in [-0.05, 0) is 36.4 Å². The van der Waals surface area contributed by atoms with Crippen LogP contribution < -0.4 is 5.32 Å². The van der Waals surface area contributed by atoms with Crippen molar-refractivity contribution in [1.29, 1.82) is 0 Å². The summed E-state index contributed by atoms with van der Waals surface area (Å²) in [5.41, 5.74) is 1.92. The van der Waals surface area contributed by atoms with Crippen LogP contribution in [0.5, 0.6) is 0 Å². The van der Waals surface area contributed by atoms with Gasteiger partial charge in [-0.1, -0.05) is 6.07 Å². The summed E-state index contributed by atoms with van der Waals surface area (Å²) in [6.45, 7) is 2.07. The van der Waals surface area contributed by atoms with E-state index in [1.165, 1.54) is 18.2 Å². The van der Waals surface area contributed by atoms with Gasteiger partial charge >= 0.3 is 0 Å². The highest BCUT2D eigenvalue weighted by molar-refractivity contribution is 6.06. The van der Waals surface area contributed by atoms with E-state index in [4.69, 9.17) is 4.74 Å². The number of nitrogens with one attached hydrogen (secondary N) is 2. The fourth-order valence-corrected chi connectivity index (χ4v) is 3.16. The van der Waals surface area contributed by atoms with Crippen molar-refractivity contribution in [3.05, 3.63) is 59.4 Å². The Balaban J connectivity index is 1.50. The number of ether oxygens (including phenoxy) is 1. The van der Waals surface area contributed by atoms with Gasteiger partial charge in [-0.15, -0.1) is 0 Å². The lowest BCUT2D eigenvalue weighted by molar-refractivity contribution is 0.0303. The van der Waals surface area contributed by atoms with Crippen LogP contribution in [-0.4, -0.2) is 53.0 Å². The number of aromatic amines is 1. The van der Waals surface area contributed by atoms with Gasteiger partial charge in [0.15, 0.2) is 5.82 Å². The van der Waals surface area contributed by atoms with Gasteiger partial charge in [0.25, 0.3) is 18.2 Å². The maximum Gasteiger partial charge on any atom is 0.295 e. The average Bonchev–Trinajstić information content (AvgIpc) is 3.18. The minimum Gasteiger partial charge on any atom is -0.378 e. The second-order valence-electron chi connectivity index (χ2n) is 6.59. The minimum absolute atomic E-state index is 0.122. The molecule has 1 fully saturated rings. The SMILES string of the molecule is O=C(Nc1cccc(C(=O)N2CCOCC2)c1)c1ccc2nc(C(F)F)[nH]c2c1. The molecule has 150 valence electrons. The molecule has 0 unspecified atom stereocenters. The number of anilines is 1. The molecule has 0 radical (unpaired) electrons. The molecule has 2 heterocycles. The lowest BCUT2D eigenvalue weighted by atomic mass is 10.1. The summed E-state index contributed by atoms with van der Waals surface area (Å²) in [6.07, 6.45) is -2.72. The van der Waals surface area contributed by atoms with Gasteiger partial charge in [0.05, 0.1) is 24.2 Å². The number of halogens is 2. The van der Waals surface area contributed by atoms with Crippen molar-refractivity contribution in [3.63, 3.8) is 0 Å². The van der Waals surface area contributed by atoms with E-state index in [9.17, 15) is 18.4 Å². The zero-order valence-electron chi connectivity index (χ0n) is 15.3. The number of imidazole rings is 1. The highest BCUT2D eigenvalue weighted by atomic mass is 19.3. The van der Waals surface area contributed by atoms with Crippen LogP contribution in [0.25, 0.3) is 11.0 Å². The van der Waals surface area contributed by atoms with Crippen molar-refractivity contribution in [2.45, 2.75) is 6.43 Å². The van der Waals surface area contributed by atoms with Gasteiger partial charge < -0.3 is 19.9 Å². The quantitative estimate of drug-likeness (QED) is 0.704. The van der Waals surface area contributed by atoms with Crippen molar-refractivity contribution in [2.75, 3.05) is 31.6 Å². The Morgan fingerprint density at radius 2 is 1.90 bits per heavy atom. The Morgan fingerprint density at radius 3 is 2.66 bits per heavy atom. The first-order valence-electron chi connectivity index (χ1n) is 9.07. The summed E-state index contributed by atoms with van der Waals surface area (Å²) in [5, 5.41) is 2.73. The maximum atomic E-state index is 12.8. The molecule has 1 saturated heterocycles. The molecule has 2 N–H and O–H groups in total. The molecule has 2 amide bonds. The highest BCUT2D eigenvalue weighted by Gasteiger charge is 2.19. The molecule has 29 heavy (non-hydrogen) atoms. The summed E-state index contributed by atoms with van der Waals surface area (Å²) in [4.78, 5) is 33.2. The van der Waals surface area contributed by atoms with Crippen molar-refractivity contribution >= 4 is 28.5 Å². The van der Waals surface area contributed by atoms with E-state index >= 15 is 0 Å². The van der Waals surface area contributed by atoms with Gasteiger partial charge in [0, 0.05) is 29.9 Å². The molecule has 1 aliphatic rings. The van der Waals surface area contributed by atoms with E-state index in [-0.39, 0.29) is 11.5 Å². The van der Waals surface area contributed by atoms with Crippen LogP contribution in [0.3, 0.4) is 0 Å². The monoisotopic (exact) mass is 400 g/mol. The van der Waals surface area contributed by atoms with E-state index < -0.39 is 18.2 Å². The number of H-pyrrole nitrogens is 1. The fourth-order valence-electron chi connectivity index (χ4n) is 3.16. The second-order valence-corrected chi connectivity index (χ2v) is 6.59. The molecule has 9 heteroatoms. The first-order valence-corrected chi connectivity index (χ1v) is 9.07. The first-order chi connectivity index (χ1) is 14.0. The smallest absolute Gasteiger partial charge is 0.295 e. The van der Waals surface area contributed by atoms with Crippen LogP contribution in [0.15, 0.2) is 42.5 Å². The molecule has 2 aromatic carbocycles. The third-order valence-electron chi connectivity index (χ3n) is 4.63. The number of alkyl halides is 2. The van der Waals surface area contributed by atoms with E-state index in [2.05, 4.69) is 15.3 Å². The Labute approximate surface area is 164 Å². The number of nitrogens with zero attached hydrogens (tertiary/aromatic N) is 2. The molecular weight excluding hydrogens is 382 g/mol. The molecule has 4 rings (SSSR count). The summed E-state index contributed by atoms with van der Waals surface area (Å²) in [5.74, 6) is -0.981. The van der Waals surface area contributed by atoms with Gasteiger partial charge in [-0.25, -0.2) is 13.8 Å². The molecule has 0 aliphatic carbocycles. The number of hydrogen-bond acceptors (Lipinski definition) is 4. The number of morpholine rings is 1. The van der Waals surface area contributed by atoms with E-state index in [0.29, 0.717) is 48.6 Å². The number of hydrogen-bond donors (Lipinski definition) is 2. The third-order valence-corrected chi connectivity index (χ3v) is 4.63. The minimum atomic E-state index is -2.72. The predicted molar refractivity (Wildman–Crippen MR) is 102 cm³/mol. The van der Waals surface area contributed by atoms with Crippen LogP contribution in [0.1, 0.15) is 33.0 Å². The van der Waals surface area contributed by atoms with Crippen LogP contribution in [0, 0.1) is 0 Å². The molecule has 0 bridgehead atoms. The molecule has 1 aliphatic heterocycles. The molecule has 0 atom stereocenters. The Morgan fingerprint density at radius 1 is 1.10 bits per heavy atom. The summed E-state index contributed by atoms with van der Waals surface area (Å²) in [7, 11) is 0. The standard InChI is InChI=1S/C20H18F2N4O3/c21-17(22)18-24-15-5-4-12(11-16(15)25-18)19(27)23-14-3-1-2-13(10-14)20(28)26-6-8-29-9-7-26/h1-5,10-11,17H,6-9H2,(H,23,27)(H,24,25). The molecule has 7 nitrogen and oxygen atoms in total. The Kier molecular flexibility index (Phi) is 5.22. The fraction of sp³-hybridized carbons (Fsp3) is 0.250. The van der Waals surface area contributed by atoms with Crippen LogP contribution in [0.4, 0.5) is 14.5 Å². The molecular formula is C20H18F2N4O3. The maximum absolute atomic E-state index is 12.8. The van der Waals surface area contributed by atoms with Crippen molar-refractivity contribution < 1.29 is 23.1 Å². The number of benzene rings is 2. The van der Waals surface area contributed by atoms with Crippen molar-refractivity contribution in [3.8, 4) is 0 Å². The zero-order valence-corrected chi connectivity index (χ0v) is 15.3. The van der Waals surface area contributed by atoms with Crippen molar-refractivity contribution in [2.24, 2.45) is 0 Å². The van der Waals surface area contributed by atoms with Crippen LogP contribution in [0.2, 0.25) is 0 Å². The topological polar surface area (TPSA) is 87.3 Å². The summed E-state index contributed by atoms with van der Waals surface area (Å²) >= 11 is 0. The van der Waals surface area contributed by atoms with E-state index in [1.54, 1.807) is 29.2 Å². The molecule has 0 spiro atoms. The molecule has 3 aromatic rings. The highest BCUT2D eigenvalue weighted by Crippen LogP contribution is 2.21. The van der Waals surface area contributed by atoms with Gasteiger partial charge in [0.2, 0.25) is 0 Å². The molecule has 1 aromatic heterocycles. The number of rotatable bonds is 4.